The molecular formula is C25H22N4O4S. The molecular weight excluding hydrogens is 452 g/mol. The molecule has 1 aliphatic carbocycles. The SMILES string of the molecule is O=C1/C(=C\c2ccc(-c3ccc([N+](=O)[O-])cc3)o2)SC(=Nc2cccnc2)N1C1CCCCC1. The number of aromatic nitrogens is 1. The lowest BCUT2D eigenvalue weighted by molar-refractivity contribution is -0.384. The Morgan fingerprint density at radius 1 is 1.12 bits per heavy atom. The van der Waals surface area contributed by atoms with Crippen LogP contribution in [0.5, 0.6) is 0 Å². The Morgan fingerprint density at radius 3 is 2.62 bits per heavy atom. The van der Waals surface area contributed by atoms with E-state index in [1.54, 1.807) is 42.7 Å². The number of thioether (sulfide) groups is 1. The number of rotatable bonds is 5. The second-order valence-corrected chi connectivity index (χ2v) is 9.20. The van der Waals surface area contributed by atoms with Gasteiger partial charge in [-0.05, 0) is 61.0 Å². The summed E-state index contributed by atoms with van der Waals surface area (Å²) in [6.07, 6.45) is 10.5. The van der Waals surface area contributed by atoms with E-state index >= 15 is 0 Å². The quantitative estimate of drug-likeness (QED) is 0.248. The van der Waals surface area contributed by atoms with Crippen LogP contribution in [-0.4, -0.2) is 31.9 Å². The molecule has 0 atom stereocenters. The first kappa shape index (κ1) is 22.1. The molecule has 172 valence electrons. The zero-order chi connectivity index (χ0) is 23.5. The normalized spacial score (nSPS) is 19.3. The van der Waals surface area contributed by atoms with Crippen LogP contribution in [0.15, 0.2) is 75.2 Å². The van der Waals surface area contributed by atoms with Crippen molar-refractivity contribution in [2.75, 3.05) is 0 Å². The number of amidine groups is 1. The predicted molar refractivity (Wildman–Crippen MR) is 131 cm³/mol. The highest BCUT2D eigenvalue weighted by Crippen LogP contribution is 2.39. The van der Waals surface area contributed by atoms with Gasteiger partial charge < -0.3 is 4.42 Å². The van der Waals surface area contributed by atoms with Gasteiger partial charge in [0, 0.05) is 36.0 Å². The molecule has 0 spiro atoms. The van der Waals surface area contributed by atoms with Crippen LogP contribution in [0.4, 0.5) is 11.4 Å². The van der Waals surface area contributed by atoms with E-state index < -0.39 is 4.92 Å². The summed E-state index contributed by atoms with van der Waals surface area (Å²) in [5, 5.41) is 11.5. The predicted octanol–water partition coefficient (Wildman–Crippen LogP) is 6.19. The molecule has 34 heavy (non-hydrogen) atoms. The molecule has 1 aliphatic heterocycles. The largest absolute Gasteiger partial charge is 0.457 e. The van der Waals surface area contributed by atoms with Crippen LogP contribution >= 0.6 is 11.8 Å². The van der Waals surface area contributed by atoms with Crippen LogP contribution in [0.2, 0.25) is 0 Å². The first-order chi connectivity index (χ1) is 16.6. The topological polar surface area (TPSA) is 102 Å². The molecule has 1 aromatic carbocycles. The van der Waals surface area contributed by atoms with Gasteiger partial charge in [-0.15, -0.1) is 0 Å². The van der Waals surface area contributed by atoms with E-state index in [1.165, 1.54) is 30.3 Å². The Balaban J connectivity index is 1.43. The molecule has 2 fully saturated rings. The molecule has 1 saturated heterocycles. The minimum Gasteiger partial charge on any atom is -0.457 e. The van der Waals surface area contributed by atoms with Gasteiger partial charge >= 0.3 is 0 Å². The third-order valence-corrected chi connectivity index (χ3v) is 6.89. The molecule has 0 N–H and O–H groups in total. The van der Waals surface area contributed by atoms with Gasteiger partial charge in [0.1, 0.15) is 11.5 Å². The van der Waals surface area contributed by atoms with E-state index in [0.717, 1.165) is 31.2 Å². The third-order valence-electron chi connectivity index (χ3n) is 5.91. The van der Waals surface area contributed by atoms with Crippen molar-refractivity contribution in [3.63, 3.8) is 0 Å². The number of carbonyl (C=O) groups is 1. The van der Waals surface area contributed by atoms with Crippen LogP contribution in [-0.2, 0) is 4.79 Å². The van der Waals surface area contributed by atoms with Gasteiger partial charge in [-0.3, -0.25) is 24.8 Å². The van der Waals surface area contributed by atoms with Gasteiger partial charge in [0.2, 0.25) is 0 Å². The van der Waals surface area contributed by atoms with Crippen molar-refractivity contribution in [3.05, 3.63) is 81.7 Å². The summed E-state index contributed by atoms with van der Waals surface area (Å²) in [6.45, 7) is 0. The summed E-state index contributed by atoms with van der Waals surface area (Å²) in [4.78, 5) is 35.1. The smallest absolute Gasteiger partial charge is 0.269 e. The molecule has 8 nitrogen and oxygen atoms in total. The lowest BCUT2D eigenvalue weighted by Crippen LogP contribution is -2.40. The molecule has 0 radical (unpaired) electrons. The van der Waals surface area contributed by atoms with Crippen LogP contribution in [0.25, 0.3) is 17.4 Å². The number of nitro groups is 1. The zero-order valence-electron chi connectivity index (χ0n) is 18.3. The van der Waals surface area contributed by atoms with Gasteiger partial charge in [0.25, 0.3) is 11.6 Å². The highest BCUT2D eigenvalue weighted by atomic mass is 32.2. The maximum Gasteiger partial charge on any atom is 0.269 e. The second kappa shape index (κ2) is 9.64. The summed E-state index contributed by atoms with van der Waals surface area (Å²) < 4.78 is 5.93. The highest BCUT2D eigenvalue weighted by Gasteiger charge is 2.38. The van der Waals surface area contributed by atoms with Gasteiger partial charge in [0.15, 0.2) is 5.17 Å². The van der Waals surface area contributed by atoms with Crippen molar-refractivity contribution in [2.24, 2.45) is 4.99 Å². The third kappa shape index (κ3) is 4.65. The summed E-state index contributed by atoms with van der Waals surface area (Å²) >= 11 is 1.35. The number of nitro benzene ring substituents is 1. The average molecular weight is 475 g/mol. The first-order valence-corrected chi connectivity index (χ1v) is 12.0. The highest BCUT2D eigenvalue weighted by molar-refractivity contribution is 8.18. The molecule has 0 bridgehead atoms. The Labute approximate surface area is 200 Å². The Bertz CT molecular complexity index is 1260. The fourth-order valence-electron chi connectivity index (χ4n) is 4.22. The number of hydrogen-bond donors (Lipinski definition) is 0. The molecule has 2 aromatic heterocycles. The van der Waals surface area contributed by atoms with Crippen LogP contribution < -0.4 is 0 Å². The van der Waals surface area contributed by atoms with Crippen LogP contribution in [0, 0.1) is 10.1 Å². The summed E-state index contributed by atoms with van der Waals surface area (Å²) in [7, 11) is 0. The zero-order valence-corrected chi connectivity index (χ0v) is 19.1. The maximum atomic E-state index is 13.4. The van der Waals surface area contributed by atoms with Crippen LogP contribution in [0.1, 0.15) is 37.9 Å². The van der Waals surface area contributed by atoms with Gasteiger partial charge in [-0.25, -0.2) is 4.99 Å². The van der Waals surface area contributed by atoms with E-state index in [1.807, 2.05) is 17.0 Å². The van der Waals surface area contributed by atoms with Crippen molar-refractivity contribution in [2.45, 2.75) is 38.1 Å². The number of pyridine rings is 1. The van der Waals surface area contributed by atoms with E-state index in [4.69, 9.17) is 9.41 Å². The van der Waals surface area contributed by atoms with Crippen molar-refractivity contribution < 1.29 is 14.1 Å². The molecule has 3 heterocycles. The maximum absolute atomic E-state index is 13.4. The lowest BCUT2D eigenvalue weighted by atomic mass is 9.94. The van der Waals surface area contributed by atoms with Gasteiger partial charge in [-0.1, -0.05) is 19.3 Å². The fraction of sp³-hybridized carbons (Fsp3) is 0.240. The summed E-state index contributed by atoms with van der Waals surface area (Å²) in [5.41, 5.74) is 1.45. The fourth-order valence-corrected chi connectivity index (χ4v) is 5.26. The van der Waals surface area contributed by atoms with Crippen molar-refractivity contribution in [1.82, 2.24) is 9.88 Å². The molecule has 2 aliphatic rings. The van der Waals surface area contributed by atoms with Crippen molar-refractivity contribution >= 4 is 40.3 Å². The molecule has 5 rings (SSSR count). The molecule has 9 heteroatoms. The molecule has 1 amide bonds. The minimum absolute atomic E-state index is 0.0221. The Morgan fingerprint density at radius 2 is 1.91 bits per heavy atom. The summed E-state index contributed by atoms with van der Waals surface area (Å²) in [6, 6.07) is 13.6. The number of amides is 1. The second-order valence-electron chi connectivity index (χ2n) is 8.19. The van der Waals surface area contributed by atoms with E-state index in [9.17, 15) is 14.9 Å². The lowest BCUT2D eigenvalue weighted by Gasteiger charge is -2.30. The van der Waals surface area contributed by atoms with E-state index in [0.29, 0.717) is 27.3 Å². The standard InChI is InChI=1S/C25H22N4O4S/c30-24-23(15-21-12-13-22(33-21)17-8-10-20(11-9-17)29(31)32)34-25(27-18-5-4-14-26-16-18)28(24)19-6-2-1-3-7-19/h4-5,8-16,19H,1-3,6-7H2/b23-15+,27-25?. The molecule has 0 unspecified atom stereocenters. The first-order valence-electron chi connectivity index (χ1n) is 11.1. The van der Waals surface area contributed by atoms with E-state index in [2.05, 4.69) is 4.98 Å². The molecule has 1 saturated carbocycles. The minimum atomic E-state index is -0.437. The number of carbonyl (C=O) groups excluding carboxylic acids is 1. The molecule has 3 aromatic rings. The Hall–Kier alpha value is -3.72. The summed E-state index contributed by atoms with van der Waals surface area (Å²) in [5.74, 6) is 1.05. The number of nitrogens with zero attached hydrogens (tertiary/aromatic N) is 4. The average Bonchev–Trinajstić information content (AvgIpc) is 3.45. The number of benzene rings is 1. The van der Waals surface area contributed by atoms with Gasteiger partial charge in [-0.2, -0.15) is 0 Å². The Kier molecular flexibility index (Phi) is 6.27. The number of non-ortho nitro benzene ring substituents is 1. The van der Waals surface area contributed by atoms with Gasteiger partial charge in [0.05, 0.1) is 21.7 Å². The number of furan rings is 1. The number of aliphatic imine (C=N–C) groups is 1. The van der Waals surface area contributed by atoms with E-state index in [-0.39, 0.29) is 17.6 Å². The monoisotopic (exact) mass is 474 g/mol. The number of hydrogen-bond acceptors (Lipinski definition) is 7. The van der Waals surface area contributed by atoms with Crippen molar-refractivity contribution in [1.29, 1.82) is 0 Å². The van der Waals surface area contributed by atoms with Crippen LogP contribution in [0.3, 0.4) is 0 Å². The van der Waals surface area contributed by atoms with Crippen molar-refractivity contribution in [3.8, 4) is 11.3 Å².